The summed E-state index contributed by atoms with van der Waals surface area (Å²) in [6.07, 6.45) is 0.00628. The minimum Gasteiger partial charge on any atom is -0.452 e. The molecule has 0 radical (unpaired) electrons. The fourth-order valence-corrected chi connectivity index (χ4v) is 3.46. The number of carbonyl (C=O) groups is 2. The van der Waals surface area contributed by atoms with Crippen LogP contribution in [0, 0.1) is 10.1 Å². The summed E-state index contributed by atoms with van der Waals surface area (Å²) in [5, 5.41) is 11.1. The van der Waals surface area contributed by atoms with Gasteiger partial charge in [0.1, 0.15) is 11.5 Å². The smallest absolute Gasteiger partial charge is 0.312 e. The predicted octanol–water partition coefficient (Wildman–Crippen LogP) is 3.90. The second-order valence-electron chi connectivity index (χ2n) is 6.70. The molecule has 0 aromatic heterocycles. The fraction of sp³-hybridized carbons (Fsp3) is 0.200. The first-order chi connectivity index (χ1) is 12.9. The van der Waals surface area contributed by atoms with E-state index in [0.717, 1.165) is 5.57 Å². The minimum absolute atomic E-state index is 0.00628. The number of non-ortho nitro benzene ring substituents is 1. The monoisotopic (exact) mass is 365 g/mol. The predicted molar refractivity (Wildman–Crippen MR) is 95.0 cm³/mol. The molecule has 0 fully saturated rings. The van der Waals surface area contributed by atoms with E-state index in [1.807, 2.05) is 0 Å². The molecule has 2 aromatic rings. The topological polar surface area (TPSA) is 95.7 Å². The van der Waals surface area contributed by atoms with Gasteiger partial charge in [-0.2, -0.15) is 0 Å². The molecule has 0 saturated heterocycles. The Kier molecular flexibility index (Phi) is 3.80. The van der Waals surface area contributed by atoms with Crippen molar-refractivity contribution in [2.24, 2.45) is 0 Å². The molecule has 136 valence electrons. The SMILES string of the molecule is CC(C)=C1Oc2c(ccc3c2C(c2cccc([N+](=O)[O-])c2)CC(=O)O3)C1=O. The van der Waals surface area contributed by atoms with Crippen LogP contribution in [0.1, 0.15) is 47.7 Å². The van der Waals surface area contributed by atoms with E-state index in [1.165, 1.54) is 12.1 Å². The van der Waals surface area contributed by atoms with Crippen LogP contribution < -0.4 is 9.47 Å². The Bertz CT molecular complexity index is 1050. The number of benzene rings is 2. The Morgan fingerprint density at radius 2 is 1.93 bits per heavy atom. The average Bonchev–Trinajstić information content (AvgIpc) is 2.98. The maximum absolute atomic E-state index is 12.6. The molecule has 1 atom stereocenters. The normalized spacial score (nSPS) is 17.7. The maximum Gasteiger partial charge on any atom is 0.312 e. The molecule has 7 heteroatoms. The molecule has 1 unspecified atom stereocenters. The molecule has 0 bridgehead atoms. The molecule has 0 aliphatic carbocycles. The largest absolute Gasteiger partial charge is 0.452 e. The van der Waals surface area contributed by atoms with Gasteiger partial charge in [-0.05, 0) is 37.1 Å². The first-order valence-electron chi connectivity index (χ1n) is 8.38. The number of nitro groups is 1. The van der Waals surface area contributed by atoms with Crippen molar-refractivity contribution in [2.45, 2.75) is 26.2 Å². The highest BCUT2D eigenvalue weighted by Crippen LogP contribution is 2.49. The molecule has 0 saturated carbocycles. The van der Waals surface area contributed by atoms with Crippen LogP contribution in [0.4, 0.5) is 5.69 Å². The summed E-state index contributed by atoms with van der Waals surface area (Å²) in [4.78, 5) is 35.3. The summed E-state index contributed by atoms with van der Waals surface area (Å²) in [6, 6.07) is 9.27. The number of esters is 1. The van der Waals surface area contributed by atoms with E-state index in [1.54, 1.807) is 38.1 Å². The lowest BCUT2D eigenvalue weighted by Gasteiger charge is -2.26. The van der Waals surface area contributed by atoms with Gasteiger partial charge in [0.05, 0.1) is 16.9 Å². The molecule has 2 aliphatic heterocycles. The lowest BCUT2D eigenvalue weighted by molar-refractivity contribution is -0.384. The number of hydrogen-bond donors (Lipinski definition) is 0. The van der Waals surface area contributed by atoms with Gasteiger partial charge >= 0.3 is 5.97 Å². The van der Waals surface area contributed by atoms with Gasteiger partial charge in [-0.3, -0.25) is 19.7 Å². The zero-order valence-corrected chi connectivity index (χ0v) is 14.6. The zero-order chi connectivity index (χ0) is 19.3. The van der Waals surface area contributed by atoms with Crippen LogP contribution in [0.25, 0.3) is 0 Å². The highest BCUT2D eigenvalue weighted by Gasteiger charge is 2.39. The Balaban J connectivity index is 1.91. The van der Waals surface area contributed by atoms with Crippen LogP contribution in [0.15, 0.2) is 47.7 Å². The molecule has 7 nitrogen and oxygen atoms in total. The first-order valence-corrected chi connectivity index (χ1v) is 8.38. The number of rotatable bonds is 2. The van der Waals surface area contributed by atoms with Crippen molar-refractivity contribution in [3.63, 3.8) is 0 Å². The average molecular weight is 365 g/mol. The maximum atomic E-state index is 12.6. The molecular weight excluding hydrogens is 350 g/mol. The molecule has 2 aromatic carbocycles. The first kappa shape index (κ1) is 17.0. The Morgan fingerprint density at radius 3 is 2.63 bits per heavy atom. The zero-order valence-electron chi connectivity index (χ0n) is 14.6. The van der Waals surface area contributed by atoms with Gasteiger partial charge in [0.25, 0.3) is 5.69 Å². The molecule has 2 aliphatic rings. The van der Waals surface area contributed by atoms with E-state index in [4.69, 9.17) is 9.47 Å². The number of allylic oxidation sites excluding steroid dienone is 2. The molecule has 4 rings (SSSR count). The van der Waals surface area contributed by atoms with Crippen molar-refractivity contribution in [1.82, 2.24) is 0 Å². The van der Waals surface area contributed by atoms with Crippen LogP contribution in [-0.2, 0) is 4.79 Å². The minimum atomic E-state index is -0.500. The molecule has 0 amide bonds. The number of hydrogen-bond acceptors (Lipinski definition) is 6. The second kappa shape index (κ2) is 6.05. The van der Waals surface area contributed by atoms with Gasteiger partial charge in [-0.1, -0.05) is 12.1 Å². The van der Waals surface area contributed by atoms with Crippen molar-refractivity contribution >= 4 is 17.4 Å². The highest BCUT2D eigenvalue weighted by atomic mass is 16.6. The van der Waals surface area contributed by atoms with Crippen LogP contribution in [0.3, 0.4) is 0 Å². The van der Waals surface area contributed by atoms with Gasteiger partial charge in [-0.15, -0.1) is 0 Å². The molecule has 0 spiro atoms. The number of nitrogens with zero attached hydrogens (tertiary/aromatic N) is 1. The quantitative estimate of drug-likeness (QED) is 0.263. The van der Waals surface area contributed by atoms with E-state index in [9.17, 15) is 19.7 Å². The highest BCUT2D eigenvalue weighted by molar-refractivity contribution is 6.13. The summed E-state index contributed by atoms with van der Waals surface area (Å²) in [5.41, 5.74) is 2.24. The van der Waals surface area contributed by atoms with E-state index >= 15 is 0 Å². The third kappa shape index (κ3) is 2.68. The van der Waals surface area contributed by atoms with Gasteiger partial charge in [0, 0.05) is 23.6 Å². The van der Waals surface area contributed by atoms with Gasteiger partial charge < -0.3 is 9.47 Å². The van der Waals surface area contributed by atoms with Gasteiger partial charge in [-0.25, -0.2) is 0 Å². The third-order valence-corrected chi connectivity index (χ3v) is 4.69. The van der Waals surface area contributed by atoms with E-state index in [0.29, 0.717) is 28.2 Å². The fourth-order valence-electron chi connectivity index (χ4n) is 3.46. The number of nitro benzene ring substituents is 1. The lowest BCUT2D eigenvalue weighted by atomic mass is 9.84. The lowest BCUT2D eigenvalue weighted by Crippen LogP contribution is -2.21. The summed E-state index contributed by atoms with van der Waals surface area (Å²) in [5.74, 6) is -0.233. The molecule has 0 N–H and O–H groups in total. The van der Waals surface area contributed by atoms with Crippen molar-refractivity contribution in [3.8, 4) is 11.5 Å². The van der Waals surface area contributed by atoms with Gasteiger partial charge in [0.15, 0.2) is 5.76 Å². The number of ether oxygens (including phenoxy) is 2. The van der Waals surface area contributed by atoms with Crippen LogP contribution >= 0.6 is 0 Å². The van der Waals surface area contributed by atoms with Crippen molar-refractivity contribution in [2.75, 3.05) is 0 Å². The number of carbonyl (C=O) groups excluding carboxylic acids is 2. The third-order valence-electron chi connectivity index (χ3n) is 4.69. The number of Topliss-reactive ketones (excluding diaryl/α,β-unsaturated/α-hetero) is 1. The number of fused-ring (bicyclic) bond motifs is 3. The van der Waals surface area contributed by atoms with Crippen LogP contribution in [0.2, 0.25) is 0 Å². The molecule has 2 heterocycles. The number of ketones is 1. The second-order valence-corrected chi connectivity index (χ2v) is 6.70. The Labute approximate surface area is 154 Å². The molecule has 27 heavy (non-hydrogen) atoms. The van der Waals surface area contributed by atoms with E-state index in [-0.39, 0.29) is 23.7 Å². The van der Waals surface area contributed by atoms with Crippen LogP contribution in [0.5, 0.6) is 11.5 Å². The molecular formula is C20H15NO6. The van der Waals surface area contributed by atoms with Gasteiger partial charge in [0.2, 0.25) is 5.78 Å². The summed E-state index contributed by atoms with van der Waals surface area (Å²) in [6.45, 7) is 3.56. The van der Waals surface area contributed by atoms with Crippen LogP contribution in [-0.4, -0.2) is 16.7 Å². The van der Waals surface area contributed by atoms with Crippen molar-refractivity contribution in [1.29, 1.82) is 0 Å². The van der Waals surface area contributed by atoms with Crippen molar-refractivity contribution in [3.05, 3.63) is 74.5 Å². The van der Waals surface area contributed by atoms with Crippen molar-refractivity contribution < 1.29 is 24.0 Å². The summed E-state index contributed by atoms with van der Waals surface area (Å²) >= 11 is 0. The summed E-state index contributed by atoms with van der Waals surface area (Å²) < 4.78 is 11.2. The Hall–Kier alpha value is -3.48. The Morgan fingerprint density at radius 1 is 1.15 bits per heavy atom. The van der Waals surface area contributed by atoms with E-state index < -0.39 is 16.8 Å². The summed E-state index contributed by atoms with van der Waals surface area (Å²) in [7, 11) is 0. The van der Waals surface area contributed by atoms with E-state index in [2.05, 4.69) is 0 Å². The standard InChI is InChI=1S/C20H15NO6/c1-10(2)19-18(23)13-6-7-15-17(20(13)27-19)14(9-16(22)26-15)11-4-3-5-12(8-11)21(24)25/h3-8,14H,9H2,1-2H3.